The van der Waals surface area contributed by atoms with Crippen LogP contribution in [0.25, 0.3) is 10.8 Å². The molecule has 0 radical (unpaired) electrons. The Morgan fingerprint density at radius 2 is 2.10 bits per heavy atom. The highest BCUT2D eigenvalue weighted by atomic mass is 32.2. The lowest BCUT2D eigenvalue weighted by Crippen LogP contribution is -2.26. The zero-order valence-corrected chi connectivity index (χ0v) is 12.3. The average Bonchev–Trinajstić information content (AvgIpc) is 2.50. The van der Waals surface area contributed by atoms with Crippen LogP contribution in [0.3, 0.4) is 0 Å². The molecule has 0 spiro atoms. The Bertz CT molecular complexity index is 683. The molecule has 0 saturated heterocycles. The van der Waals surface area contributed by atoms with Crippen LogP contribution in [0.4, 0.5) is 0 Å². The fourth-order valence-electron chi connectivity index (χ4n) is 1.95. The maximum atomic E-state index is 12.3. The predicted octanol–water partition coefficient (Wildman–Crippen LogP) is 0.912. The number of aliphatic hydroxyl groups excluding tert-OH is 1. The van der Waals surface area contributed by atoms with Gasteiger partial charge < -0.3 is 9.84 Å². The summed E-state index contributed by atoms with van der Waals surface area (Å²) in [6, 6.07) is 6.79. The summed E-state index contributed by atoms with van der Waals surface area (Å²) >= 11 is 0. The van der Waals surface area contributed by atoms with Crippen LogP contribution in [-0.2, 0) is 14.8 Å². The summed E-state index contributed by atoms with van der Waals surface area (Å²) in [6.45, 7) is 0.927. The third kappa shape index (κ3) is 4.21. The Morgan fingerprint density at radius 3 is 2.90 bits per heavy atom. The number of pyridine rings is 1. The van der Waals surface area contributed by atoms with Gasteiger partial charge in [0.2, 0.25) is 10.0 Å². The van der Waals surface area contributed by atoms with E-state index in [1.54, 1.807) is 30.6 Å². The monoisotopic (exact) mass is 310 g/mol. The number of hydrogen-bond donors (Lipinski definition) is 2. The first-order valence-electron chi connectivity index (χ1n) is 6.66. The van der Waals surface area contributed by atoms with E-state index in [1.165, 1.54) is 0 Å². The molecule has 2 N–H and O–H groups in total. The summed E-state index contributed by atoms with van der Waals surface area (Å²) < 4.78 is 32.3. The van der Waals surface area contributed by atoms with Gasteiger partial charge in [-0.25, -0.2) is 13.1 Å². The number of fused-ring (bicyclic) bond motifs is 1. The minimum atomic E-state index is -3.56. The van der Waals surface area contributed by atoms with Gasteiger partial charge in [0.25, 0.3) is 0 Å². The van der Waals surface area contributed by atoms with Crippen LogP contribution in [0, 0.1) is 0 Å². The highest BCUT2D eigenvalue weighted by Crippen LogP contribution is 2.21. The van der Waals surface area contributed by atoms with E-state index in [2.05, 4.69) is 9.71 Å². The molecule has 0 aliphatic rings. The van der Waals surface area contributed by atoms with Gasteiger partial charge in [-0.15, -0.1) is 0 Å². The molecule has 2 rings (SSSR count). The number of aliphatic hydroxyl groups is 1. The molecule has 0 atom stereocenters. The summed E-state index contributed by atoms with van der Waals surface area (Å²) in [5.41, 5.74) is 0. The van der Waals surface area contributed by atoms with Crippen LogP contribution in [0.5, 0.6) is 0 Å². The van der Waals surface area contributed by atoms with Crippen molar-refractivity contribution in [2.45, 2.75) is 11.3 Å². The van der Waals surface area contributed by atoms with Crippen LogP contribution in [0.1, 0.15) is 6.42 Å². The number of nitrogens with one attached hydrogen (secondary N) is 1. The zero-order valence-electron chi connectivity index (χ0n) is 11.5. The van der Waals surface area contributed by atoms with Crippen molar-refractivity contribution in [3.8, 4) is 0 Å². The summed E-state index contributed by atoms with van der Waals surface area (Å²) in [4.78, 5) is 4.24. The fourth-order valence-corrected chi connectivity index (χ4v) is 3.25. The SMILES string of the molecule is O=S(=O)(NCCCOCCO)c1cccc2cnccc12. The molecule has 1 heterocycles. The van der Waals surface area contributed by atoms with Crippen molar-refractivity contribution in [3.63, 3.8) is 0 Å². The molecular formula is C14H18N2O4S. The molecular weight excluding hydrogens is 292 g/mol. The quantitative estimate of drug-likeness (QED) is 0.708. The Hall–Kier alpha value is -1.54. The second-order valence-electron chi connectivity index (χ2n) is 4.44. The maximum absolute atomic E-state index is 12.3. The van der Waals surface area contributed by atoms with Crippen molar-refractivity contribution in [1.82, 2.24) is 9.71 Å². The average molecular weight is 310 g/mol. The number of benzene rings is 1. The van der Waals surface area contributed by atoms with Crippen molar-refractivity contribution >= 4 is 20.8 Å². The predicted molar refractivity (Wildman–Crippen MR) is 79.5 cm³/mol. The Balaban J connectivity index is 2.05. The first-order chi connectivity index (χ1) is 10.1. The van der Waals surface area contributed by atoms with Crippen molar-refractivity contribution in [2.24, 2.45) is 0 Å². The Labute approximate surface area is 123 Å². The topological polar surface area (TPSA) is 88.5 Å². The maximum Gasteiger partial charge on any atom is 0.241 e. The van der Waals surface area contributed by atoms with Gasteiger partial charge >= 0.3 is 0 Å². The molecule has 21 heavy (non-hydrogen) atoms. The van der Waals surface area contributed by atoms with Gasteiger partial charge in [0.05, 0.1) is 18.1 Å². The van der Waals surface area contributed by atoms with E-state index in [4.69, 9.17) is 9.84 Å². The highest BCUT2D eigenvalue weighted by molar-refractivity contribution is 7.89. The molecule has 0 unspecified atom stereocenters. The molecule has 0 aliphatic heterocycles. The number of ether oxygens (including phenoxy) is 1. The first-order valence-corrected chi connectivity index (χ1v) is 8.14. The second kappa shape index (κ2) is 7.46. The van der Waals surface area contributed by atoms with Gasteiger partial charge in [-0.1, -0.05) is 12.1 Å². The number of nitrogens with zero attached hydrogens (tertiary/aromatic N) is 1. The van der Waals surface area contributed by atoms with Crippen molar-refractivity contribution < 1.29 is 18.3 Å². The molecule has 1 aromatic carbocycles. The smallest absolute Gasteiger partial charge is 0.241 e. The van der Waals surface area contributed by atoms with E-state index >= 15 is 0 Å². The molecule has 0 bridgehead atoms. The van der Waals surface area contributed by atoms with Gasteiger partial charge in [-0.05, 0) is 18.6 Å². The molecule has 0 aliphatic carbocycles. The third-order valence-corrected chi connectivity index (χ3v) is 4.44. The summed E-state index contributed by atoms with van der Waals surface area (Å²) in [6.07, 6.45) is 3.76. The van der Waals surface area contributed by atoms with Crippen LogP contribution in [0.2, 0.25) is 0 Å². The van der Waals surface area contributed by atoms with Gasteiger partial charge in [0.1, 0.15) is 0 Å². The van der Waals surface area contributed by atoms with E-state index in [1.807, 2.05) is 6.07 Å². The third-order valence-electron chi connectivity index (χ3n) is 2.92. The largest absolute Gasteiger partial charge is 0.394 e. The number of sulfonamides is 1. The van der Waals surface area contributed by atoms with Crippen LogP contribution < -0.4 is 4.72 Å². The van der Waals surface area contributed by atoms with E-state index in [0.29, 0.717) is 18.4 Å². The lowest BCUT2D eigenvalue weighted by Gasteiger charge is -2.09. The van der Waals surface area contributed by atoms with Gasteiger partial charge in [0, 0.05) is 36.3 Å². The van der Waals surface area contributed by atoms with Crippen molar-refractivity contribution in [2.75, 3.05) is 26.4 Å². The molecule has 2 aromatic rings. The molecule has 7 heteroatoms. The first kappa shape index (κ1) is 15.8. The van der Waals surface area contributed by atoms with E-state index in [0.717, 1.165) is 5.39 Å². The number of rotatable bonds is 8. The van der Waals surface area contributed by atoms with Gasteiger partial charge in [-0.3, -0.25) is 4.98 Å². The fraction of sp³-hybridized carbons (Fsp3) is 0.357. The minimum Gasteiger partial charge on any atom is -0.394 e. The molecule has 1 aromatic heterocycles. The standard InChI is InChI=1S/C14H18N2O4S/c17-8-10-20-9-2-6-16-21(18,19)14-4-1-3-12-11-15-7-5-13(12)14/h1,3-5,7,11,16-17H,2,6,8-10H2. The molecule has 114 valence electrons. The minimum absolute atomic E-state index is 0.0320. The summed E-state index contributed by atoms with van der Waals surface area (Å²) in [5.74, 6) is 0. The highest BCUT2D eigenvalue weighted by Gasteiger charge is 2.16. The van der Waals surface area contributed by atoms with E-state index in [9.17, 15) is 8.42 Å². The van der Waals surface area contributed by atoms with Crippen molar-refractivity contribution in [1.29, 1.82) is 0 Å². The number of aromatic nitrogens is 1. The van der Waals surface area contributed by atoms with E-state index < -0.39 is 10.0 Å². The molecule has 0 amide bonds. The second-order valence-corrected chi connectivity index (χ2v) is 6.18. The van der Waals surface area contributed by atoms with Gasteiger partial charge in [-0.2, -0.15) is 0 Å². The molecule has 0 fully saturated rings. The Kier molecular flexibility index (Phi) is 5.63. The Morgan fingerprint density at radius 1 is 1.24 bits per heavy atom. The summed E-state index contributed by atoms with van der Waals surface area (Å²) in [5, 5.41) is 9.99. The molecule has 6 nitrogen and oxygen atoms in total. The van der Waals surface area contributed by atoms with E-state index in [-0.39, 0.29) is 24.7 Å². The number of hydrogen-bond acceptors (Lipinski definition) is 5. The van der Waals surface area contributed by atoms with Crippen LogP contribution >= 0.6 is 0 Å². The van der Waals surface area contributed by atoms with Gasteiger partial charge in [0.15, 0.2) is 0 Å². The summed E-state index contributed by atoms with van der Waals surface area (Å²) in [7, 11) is -3.56. The zero-order chi connectivity index (χ0) is 15.1. The lowest BCUT2D eigenvalue weighted by atomic mass is 10.2. The molecule has 0 saturated carbocycles. The van der Waals surface area contributed by atoms with Crippen molar-refractivity contribution in [3.05, 3.63) is 36.7 Å². The van der Waals surface area contributed by atoms with Crippen LogP contribution in [0.15, 0.2) is 41.6 Å². The van der Waals surface area contributed by atoms with Crippen LogP contribution in [-0.4, -0.2) is 44.9 Å². The lowest BCUT2D eigenvalue weighted by molar-refractivity contribution is 0.0913. The normalized spacial score (nSPS) is 11.9.